The van der Waals surface area contributed by atoms with Gasteiger partial charge in [-0.15, -0.1) is 0 Å². The molecule has 0 aliphatic rings. The first-order valence-electron chi connectivity index (χ1n) is 9.72. The van der Waals surface area contributed by atoms with E-state index in [2.05, 4.69) is 31.4 Å². The molecule has 0 aliphatic heterocycles. The van der Waals surface area contributed by atoms with Crippen molar-refractivity contribution in [2.24, 2.45) is 5.92 Å². The summed E-state index contributed by atoms with van der Waals surface area (Å²) in [6, 6.07) is 8.56. The Hall–Kier alpha value is -2.71. The zero-order chi connectivity index (χ0) is 21.8. The van der Waals surface area contributed by atoms with Crippen LogP contribution in [0.2, 0.25) is 0 Å². The second-order valence-corrected chi connectivity index (χ2v) is 8.16. The predicted octanol–water partition coefficient (Wildman–Crippen LogP) is 4.11. The largest absolute Gasteiger partial charge is 0.394 e. The van der Waals surface area contributed by atoms with Gasteiger partial charge >= 0.3 is 0 Å². The number of carbonyl (C=O) groups excluding carboxylic acids is 2. The monoisotopic (exact) mass is 473 g/mol. The van der Waals surface area contributed by atoms with Gasteiger partial charge in [-0.1, -0.05) is 53.5 Å². The molecular weight excluding hydrogens is 450 g/mol. The predicted molar refractivity (Wildman–Crippen MR) is 116 cm³/mol. The van der Waals surface area contributed by atoms with E-state index in [-0.39, 0.29) is 36.0 Å². The molecule has 1 amide bonds. The third kappa shape index (κ3) is 4.55. The summed E-state index contributed by atoms with van der Waals surface area (Å²) in [5, 5.41) is 16.4. The summed E-state index contributed by atoms with van der Waals surface area (Å²) in [7, 11) is 0. The molecule has 1 aromatic carbocycles. The Labute approximate surface area is 183 Å². The van der Waals surface area contributed by atoms with Crippen molar-refractivity contribution in [2.75, 3.05) is 6.61 Å². The summed E-state index contributed by atoms with van der Waals surface area (Å²) in [6.45, 7) is 5.49. The number of H-pyrrole nitrogens is 1. The molecule has 0 fully saturated rings. The number of hydrogen-bond acceptors (Lipinski definition) is 5. The van der Waals surface area contributed by atoms with Gasteiger partial charge in [0.25, 0.3) is 5.91 Å². The molecule has 0 unspecified atom stereocenters. The minimum Gasteiger partial charge on any atom is -0.394 e. The van der Waals surface area contributed by atoms with Crippen molar-refractivity contribution >= 4 is 27.6 Å². The molecule has 30 heavy (non-hydrogen) atoms. The number of aromatic nitrogens is 2. The maximum atomic E-state index is 13.2. The van der Waals surface area contributed by atoms with Crippen LogP contribution in [0.25, 0.3) is 11.3 Å². The van der Waals surface area contributed by atoms with Gasteiger partial charge in [0.15, 0.2) is 5.78 Å². The molecule has 2 aromatic heterocycles. The van der Waals surface area contributed by atoms with Crippen molar-refractivity contribution in [1.29, 1.82) is 0 Å². The molecule has 0 saturated heterocycles. The fraction of sp³-hybridized carbons (Fsp3) is 0.318. The van der Waals surface area contributed by atoms with Crippen LogP contribution in [0, 0.1) is 12.8 Å². The van der Waals surface area contributed by atoms with Gasteiger partial charge in [-0.2, -0.15) is 0 Å². The van der Waals surface area contributed by atoms with Gasteiger partial charge in [0, 0.05) is 21.8 Å². The Morgan fingerprint density at radius 3 is 2.63 bits per heavy atom. The van der Waals surface area contributed by atoms with Crippen molar-refractivity contribution in [1.82, 2.24) is 15.5 Å². The molecule has 158 valence electrons. The van der Waals surface area contributed by atoms with Crippen molar-refractivity contribution in [3.05, 3.63) is 63.6 Å². The van der Waals surface area contributed by atoms with Crippen LogP contribution in [0.3, 0.4) is 0 Å². The lowest BCUT2D eigenvalue weighted by atomic mass is 9.99. The molecule has 7 nitrogen and oxygen atoms in total. The second-order valence-electron chi connectivity index (χ2n) is 7.25. The first-order chi connectivity index (χ1) is 14.3. The van der Waals surface area contributed by atoms with Gasteiger partial charge in [0.2, 0.25) is 0 Å². The summed E-state index contributed by atoms with van der Waals surface area (Å²) in [4.78, 5) is 28.6. The Morgan fingerprint density at radius 2 is 2.00 bits per heavy atom. The van der Waals surface area contributed by atoms with Crippen molar-refractivity contribution in [3.63, 3.8) is 0 Å². The molecule has 3 aromatic rings. The average molecular weight is 474 g/mol. The first kappa shape index (κ1) is 22.0. The second kappa shape index (κ2) is 9.40. The Bertz CT molecular complexity index is 1040. The topological polar surface area (TPSA) is 108 Å². The van der Waals surface area contributed by atoms with Gasteiger partial charge in [-0.05, 0) is 31.0 Å². The van der Waals surface area contributed by atoms with E-state index < -0.39 is 0 Å². The number of ketones is 1. The van der Waals surface area contributed by atoms with Crippen LogP contribution in [-0.4, -0.2) is 39.6 Å². The van der Waals surface area contributed by atoms with Gasteiger partial charge < -0.3 is 19.9 Å². The van der Waals surface area contributed by atoms with Crippen molar-refractivity contribution in [3.8, 4) is 11.3 Å². The van der Waals surface area contributed by atoms with E-state index >= 15 is 0 Å². The molecule has 2 heterocycles. The fourth-order valence-electron chi connectivity index (χ4n) is 3.14. The molecule has 0 spiro atoms. The van der Waals surface area contributed by atoms with Crippen molar-refractivity contribution < 1.29 is 19.2 Å². The Balaban J connectivity index is 1.84. The third-order valence-electron chi connectivity index (χ3n) is 5.24. The van der Waals surface area contributed by atoms with Crippen molar-refractivity contribution in [2.45, 2.75) is 33.2 Å². The summed E-state index contributed by atoms with van der Waals surface area (Å²) in [6.07, 6.45) is 2.32. The number of aliphatic hydroxyl groups excluding tert-OH is 1. The SMILES string of the molecule is CC[C@H](C)[C@@H](CO)NC(=O)c1cc(C(=O)c2c(-c3ccc(Br)cc3)noc2C)c[nH]1. The lowest BCUT2D eigenvalue weighted by Gasteiger charge is -2.21. The average Bonchev–Trinajstić information content (AvgIpc) is 3.38. The van der Waals surface area contributed by atoms with E-state index in [9.17, 15) is 14.7 Å². The maximum Gasteiger partial charge on any atom is 0.268 e. The van der Waals surface area contributed by atoms with E-state index in [1.807, 2.05) is 38.1 Å². The smallest absolute Gasteiger partial charge is 0.268 e. The third-order valence-corrected chi connectivity index (χ3v) is 5.77. The zero-order valence-corrected chi connectivity index (χ0v) is 18.6. The van der Waals surface area contributed by atoms with Crippen LogP contribution < -0.4 is 5.32 Å². The number of benzene rings is 1. The number of nitrogens with zero attached hydrogens (tertiary/aromatic N) is 1. The number of carbonyl (C=O) groups is 2. The summed E-state index contributed by atoms with van der Waals surface area (Å²) >= 11 is 3.39. The van der Waals surface area contributed by atoms with Crippen LogP contribution in [0.15, 0.2) is 45.5 Å². The van der Waals surface area contributed by atoms with Gasteiger partial charge in [0.1, 0.15) is 17.1 Å². The Kier molecular flexibility index (Phi) is 6.89. The highest BCUT2D eigenvalue weighted by Crippen LogP contribution is 2.28. The number of hydrogen-bond donors (Lipinski definition) is 3. The van der Waals surface area contributed by atoms with Crippen LogP contribution in [0.5, 0.6) is 0 Å². The van der Waals surface area contributed by atoms with Crippen LogP contribution >= 0.6 is 15.9 Å². The fourth-order valence-corrected chi connectivity index (χ4v) is 3.41. The number of halogens is 1. The quantitative estimate of drug-likeness (QED) is 0.426. The molecule has 0 saturated carbocycles. The number of rotatable bonds is 8. The molecule has 0 aliphatic carbocycles. The van der Waals surface area contributed by atoms with E-state index in [4.69, 9.17) is 4.52 Å². The van der Waals surface area contributed by atoms with E-state index in [1.54, 1.807) is 6.92 Å². The molecular formula is C22H24BrN3O4. The Morgan fingerprint density at radius 1 is 1.30 bits per heavy atom. The number of aryl methyl sites for hydroxylation is 1. The number of amides is 1. The maximum absolute atomic E-state index is 13.2. The minimum atomic E-state index is -0.372. The van der Waals surface area contributed by atoms with Gasteiger partial charge in [-0.25, -0.2) is 0 Å². The molecule has 3 N–H and O–H groups in total. The number of aliphatic hydroxyl groups is 1. The molecule has 0 radical (unpaired) electrons. The van der Waals surface area contributed by atoms with E-state index in [0.29, 0.717) is 22.6 Å². The summed E-state index contributed by atoms with van der Waals surface area (Å²) < 4.78 is 6.20. The van der Waals surface area contributed by atoms with E-state index in [1.165, 1.54) is 12.3 Å². The van der Waals surface area contributed by atoms with Gasteiger partial charge in [-0.3, -0.25) is 9.59 Å². The highest BCUT2D eigenvalue weighted by atomic mass is 79.9. The summed E-state index contributed by atoms with van der Waals surface area (Å²) in [5.74, 6) is -0.128. The molecule has 3 rings (SSSR count). The van der Waals surface area contributed by atoms with Crippen LogP contribution in [-0.2, 0) is 0 Å². The highest BCUT2D eigenvalue weighted by molar-refractivity contribution is 9.10. The molecule has 0 bridgehead atoms. The first-order valence-corrected chi connectivity index (χ1v) is 10.5. The van der Waals surface area contributed by atoms with Crippen LogP contribution in [0.1, 0.15) is 52.4 Å². The van der Waals surface area contributed by atoms with Crippen LogP contribution in [0.4, 0.5) is 0 Å². The summed E-state index contributed by atoms with van der Waals surface area (Å²) in [5.41, 5.74) is 2.14. The zero-order valence-electron chi connectivity index (χ0n) is 17.0. The molecule has 8 heteroatoms. The van der Waals surface area contributed by atoms with Gasteiger partial charge in [0.05, 0.1) is 18.2 Å². The normalized spacial score (nSPS) is 13.1. The minimum absolute atomic E-state index is 0.128. The number of nitrogens with one attached hydrogen (secondary N) is 2. The lowest BCUT2D eigenvalue weighted by Crippen LogP contribution is -2.42. The lowest BCUT2D eigenvalue weighted by molar-refractivity contribution is 0.0887. The standard InChI is InChI=1S/C22H24BrN3O4/c1-4-12(2)18(11-27)25-22(29)17-9-15(10-24-17)21(28)19-13(3)30-26-20(19)14-5-7-16(23)8-6-14/h5-10,12,18,24,27H,4,11H2,1-3H3,(H,25,29)/t12-,18+/m0/s1. The highest BCUT2D eigenvalue weighted by Gasteiger charge is 2.25. The number of aromatic amines is 1. The molecule has 2 atom stereocenters. The van der Waals surface area contributed by atoms with E-state index in [0.717, 1.165) is 16.5 Å².